The second-order valence-electron chi connectivity index (χ2n) is 2.92. The number of halogens is 2. The molecule has 0 saturated carbocycles. The lowest BCUT2D eigenvalue weighted by atomic mass is 10.2. The molecule has 2 rings (SSSR count). The molecule has 0 atom stereocenters. The summed E-state index contributed by atoms with van der Waals surface area (Å²) in [5, 5.41) is 0.729. The molecule has 0 amide bonds. The van der Waals surface area contributed by atoms with Crippen LogP contribution in [0.2, 0.25) is 0 Å². The van der Waals surface area contributed by atoms with Crippen LogP contribution in [0.1, 0.15) is 0 Å². The van der Waals surface area contributed by atoms with Crippen molar-refractivity contribution in [2.45, 2.75) is 5.03 Å². The summed E-state index contributed by atoms with van der Waals surface area (Å²) >= 11 is 3.32. The molecule has 0 spiro atoms. The molecule has 0 unspecified atom stereocenters. The highest BCUT2D eigenvalue weighted by Crippen LogP contribution is 2.21. The maximum atomic E-state index is 11.0. The number of pyridine rings is 1. The number of hydrogen-bond donors (Lipinski definition) is 0. The minimum Gasteiger partial charge on any atom is -0.235 e. The van der Waals surface area contributed by atoms with Crippen LogP contribution in [0.15, 0.2) is 39.8 Å². The van der Waals surface area contributed by atoms with E-state index in [4.69, 9.17) is 10.7 Å². The highest BCUT2D eigenvalue weighted by Gasteiger charge is 2.11. The van der Waals surface area contributed by atoms with Gasteiger partial charge in [0.05, 0.1) is 5.52 Å². The van der Waals surface area contributed by atoms with E-state index in [0.717, 1.165) is 9.86 Å². The van der Waals surface area contributed by atoms with E-state index in [1.165, 1.54) is 6.07 Å². The topological polar surface area (TPSA) is 47.0 Å². The first-order valence-electron chi connectivity index (χ1n) is 3.98. The zero-order valence-corrected chi connectivity index (χ0v) is 10.5. The third-order valence-corrected chi connectivity index (χ3v) is 3.57. The predicted molar refractivity (Wildman–Crippen MR) is 62.5 cm³/mol. The third-order valence-electron chi connectivity index (χ3n) is 1.88. The first-order valence-corrected chi connectivity index (χ1v) is 7.08. The summed E-state index contributed by atoms with van der Waals surface area (Å²) in [7, 11) is 1.44. The molecule has 0 N–H and O–H groups in total. The van der Waals surface area contributed by atoms with Crippen LogP contribution < -0.4 is 0 Å². The summed E-state index contributed by atoms with van der Waals surface area (Å²) in [6.45, 7) is 0. The van der Waals surface area contributed by atoms with Crippen molar-refractivity contribution in [3.05, 3.63) is 34.8 Å². The first-order chi connectivity index (χ1) is 6.97. The molecule has 0 bridgehead atoms. The fourth-order valence-electron chi connectivity index (χ4n) is 1.21. The summed E-state index contributed by atoms with van der Waals surface area (Å²) in [4.78, 5) is 3.95. The quantitative estimate of drug-likeness (QED) is 0.761. The highest BCUT2D eigenvalue weighted by molar-refractivity contribution is 9.10. The summed E-state index contributed by atoms with van der Waals surface area (Å²) < 4.78 is 23.0. The summed E-state index contributed by atoms with van der Waals surface area (Å²) in [6.07, 6.45) is 0. The Morgan fingerprint density at radius 1 is 1.20 bits per heavy atom. The van der Waals surface area contributed by atoms with Gasteiger partial charge in [0.25, 0.3) is 9.05 Å². The molecule has 6 heteroatoms. The molecule has 0 aliphatic rings. The van der Waals surface area contributed by atoms with Gasteiger partial charge in [0, 0.05) is 20.5 Å². The van der Waals surface area contributed by atoms with Crippen molar-refractivity contribution in [3.8, 4) is 0 Å². The van der Waals surface area contributed by atoms with E-state index >= 15 is 0 Å². The minimum absolute atomic E-state index is 0.126. The second kappa shape index (κ2) is 3.73. The van der Waals surface area contributed by atoms with E-state index in [2.05, 4.69) is 20.9 Å². The molecule has 3 nitrogen and oxygen atoms in total. The third kappa shape index (κ3) is 2.30. The van der Waals surface area contributed by atoms with Gasteiger partial charge in [-0.15, -0.1) is 0 Å². The second-order valence-corrected chi connectivity index (χ2v) is 6.35. The van der Waals surface area contributed by atoms with Crippen molar-refractivity contribution in [1.82, 2.24) is 4.98 Å². The largest absolute Gasteiger partial charge is 0.278 e. The Morgan fingerprint density at radius 2 is 1.93 bits per heavy atom. The van der Waals surface area contributed by atoms with E-state index in [1.807, 2.05) is 6.07 Å². The average molecular weight is 307 g/mol. The zero-order valence-electron chi connectivity index (χ0n) is 7.31. The smallest absolute Gasteiger partial charge is 0.235 e. The van der Waals surface area contributed by atoms with Gasteiger partial charge in [-0.25, -0.2) is 13.4 Å². The van der Waals surface area contributed by atoms with Crippen molar-refractivity contribution in [1.29, 1.82) is 0 Å². The molecule has 1 aromatic carbocycles. The first kappa shape index (κ1) is 10.9. The average Bonchev–Trinajstić information content (AvgIpc) is 2.15. The Labute approximate surface area is 99.6 Å². The Balaban J connectivity index is 2.73. The van der Waals surface area contributed by atoms with Gasteiger partial charge in [-0.05, 0) is 30.3 Å². The summed E-state index contributed by atoms with van der Waals surface area (Å²) in [5.74, 6) is 0. The van der Waals surface area contributed by atoms with Gasteiger partial charge < -0.3 is 0 Å². The van der Waals surface area contributed by atoms with Crippen LogP contribution in [0.5, 0.6) is 0 Å². The Kier molecular flexibility index (Phi) is 2.70. The van der Waals surface area contributed by atoms with E-state index in [1.54, 1.807) is 18.2 Å². The normalized spacial score (nSPS) is 11.9. The van der Waals surface area contributed by atoms with Crippen molar-refractivity contribution in [2.75, 3.05) is 0 Å². The molecular weight excluding hydrogens is 302 g/mol. The van der Waals surface area contributed by atoms with Crippen molar-refractivity contribution in [2.24, 2.45) is 0 Å². The number of benzene rings is 1. The Bertz CT molecular complexity index is 627. The SMILES string of the molecule is O=S(=O)(Cl)c1ccc2cc(Br)ccc2n1. The maximum Gasteiger partial charge on any atom is 0.278 e. The fraction of sp³-hybridized carbons (Fsp3) is 0. The van der Waals surface area contributed by atoms with Crippen LogP contribution in [0.3, 0.4) is 0 Å². The number of rotatable bonds is 1. The monoisotopic (exact) mass is 305 g/mol. The zero-order chi connectivity index (χ0) is 11.1. The fourth-order valence-corrected chi connectivity index (χ4v) is 2.29. The standard InChI is InChI=1S/C9H5BrClNO2S/c10-7-2-3-8-6(5-7)1-4-9(12-8)15(11,13)14/h1-5H. The molecule has 1 heterocycles. The summed E-state index contributed by atoms with van der Waals surface area (Å²) in [5.41, 5.74) is 0.597. The number of fused-ring (bicyclic) bond motifs is 1. The van der Waals surface area contributed by atoms with Gasteiger partial charge in [-0.2, -0.15) is 0 Å². The van der Waals surface area contributed by atoms with Crippen molar-refractivity contribution in [3.63, 3.8) is 0 Å². The number of hydrogen-bond acceptors (Lipinski definition) is 3. The van der Waals surface area contributed by atoms with Gasteiger partial charge in [0.15, 0.2) is 5.03 Å². The number of nitrogens with zero attached hydrogens (tertiary/aromatic N) is 1. The molecule has 0 radical (unpaired) electrons. The molecular formula is C9H5BrClNO2S. The van der Waals surface area contributed by atoms with Crippen LogP contribution in [0.25, 0.3) is 10.9 Å². The van der Waals surface area contributed by atoms with Gasteiger partial charge in [-0.3, -0.25) is 0 Å². The molecule has 0 aliphatic heterocycles. The van der Waals surface area contributed by atoms with Crippen LogP contribution >= 0.6 is 26.6 Å². The van der Waals surface area contributed by atoms with Crippen LogP contribution in [-0.2, 0) is 9.05 Å². The Morgan fingerprint density at radius 3 is 2.60 bits per heavy atom. The molecule has 2 aromatic rings. The van der Waals surface area contributed by atoms with Gasteiger partial charge in [0.2, 0.25) is 0 Å². The van der Waals surface area contributed by atoms with Crippen LogP contribution in [0.4, 0.5) is 0 Å². The molecule has 0 fully saturated rings. The summed E-state index contributed by atoms with van der Waals surface area (Å²) in [6, 6.07) is 8.43. The van der Waals surface area contributed by atoms with Gasteiger partial charge >= 0.3 is 0 Å². The predicted octanol–water partition coefficient (Wildman–Crippen LogP) is 2.92. The van der Waals surface area contributed by atoms with Crippen LogP contribution in [-0.4, -0.2) is 13.4 Å². The lowest BCUT2D eigenvalue weighted by molar-refractivity contribution is 0.606. The van der Waals surface area contributed by atoms with Crippen molar-refractivity contribution >= 4 is 46.6 Å². The molecule has 15 heavy (non-hydrogen) atoms. The van der Waals surface area contributed by atoms with E-state index < -0.39 is 9.05 Å². The molecule has 1 aromatic heterocycles. The molecule has 0 saturated heterocycles. The minimum atomic E-state index is -3.76. The lowest BCUT2D eigenvalue weighted by Gasteiger charge is -2.00. The molecule has 0 aliphatic carbocycles. The van der Waals surface area contributed by atoms with E-state index in [-0.39, 0.29) is 5.03 Å². The van der Waals surface area contributed by atoms with Gasteiger partial charge in [0.1, 0.15) is 0 Å². The van der Waals surface area contributed by atoms with Crippen LogP contribution in [0, 0.1) is 0 Å². The maximum absolute atomic E-state index is 11.0. The molecule has 78 valence electrons. The van der Waals surface area contributed by atoms with Crippen molar-refractivity contribution < 1.29 is 8.42 Å². The van der Waals surface area contributed by atoms with E-state index in [0.29, 0.717) is 5.52 Å². The van der Waals surface area contributed by atoms with E-state index in [9.17, 15) is 8.42 Å². The Hall–Kier alpha value is -0.650. The van der Waals surface area contributed by atoms with Gasteiger partial charge in [-0.1, -0.05) is 15.9 Å². The number of aromatic nitrogens is 1. The highest BCUT2D eigenvalue weighted by atomic mass is 79.9. The lowest BCUT2D eigenvalue weighted by Crippen LogP contribution is -1.94.